The Labute approximate surface area is 93.2 Å². The first kappa shape index (κ1) is 10.7. The summed E-state index contributed by atoms with van der Waals surface area (Å²) in [4.78, 5) is 4.22. The van der Waals surface area contributed by atoms with Gasteiger partial charge in [-0.2, -0.15) is 0 Å². The molecule has 0 aliphatic heterocycles. The summed E-state index contributed by atoms with van der Waals surface area (Å²) in [5.74, 6) is 0.827. The van der Waals surface area contributed by atoms with Crippen molar-refractivity contribution in [1.82, 2.24) is 4.98 Å². The highest BCUT2D eigenvalue weighted by atomic mass is 16.3. The lowest BCUT2D eigenvalue weighted by atomic mass is 10.1. The summed E-state index contributed by atoms with van der Waals surface area (Å²) in [7, 11) is 0. The van der Waals surface area contributed by atoms with Crippen LogP contribution in [0.25, 0.3) is 0 Å². The third kappa shape index (κ3) is 2.61. The van der Waals surface area contributed by atoms with Gasteiger partial charge in [-0.1, -0.05) is 12.1 Å². The fraction of sp³-hybridized carbons (Fsp3) is 0.250. The first-order chi connectivity index (χ1) is 7.78. The molecule has 0 radical (unpaired) electrons. The molecule has 4 heteroatoms. The molecule has 1 heterocycles. The van der Waals surface area contributed by atoms with Crippen molar-refractivity contribution in [1.29, 1.82) is 0 Å². The number of phenolic OH excluding ortho intramolecular Hbond substituents is 1. The van der Waals surface area contributed by atoms with E-state index < -0.39 is 0 Å². The second-order valence-electron chi connectivity index (χ2n) is 3.55. The first-order valence-electron chi connectivity index (χ1n) is 5.10. The van der Waals surface area contributed by atoms with Crippen LogP contribution in [0.2, 0.25) is 0 Å². The van der Waals surface area contributed by atoms with Gasteiger partial charge in [-0.3, -0.25) is 0 Å². The van der Waals surface area contributed by atoms with E-state index in [4.69, 9.17) is 9.52 Å². The van der Waals surface area contributed by atoms with Crippen LogP contribution in [-0.2, 0) is 12.8 Å². The predicted octanol–water partition coefficient (Wildman–Crippen LogP) is 1.51. The summed E-state index contributed by atoms with van der Waals surface area (Å²) in [6.45, 7) is 0.0676. The van der Waals surface area contributed by atoms with Crippen LogP contribution in [0.4, 0.5) is 0 Å². The normalized spacial score (nSPS) is 10.6. The lowest BCUT2D eigenvalue weighted by Gasteiger charge is -1.97. The van der Waals surface area contributed by atoms with Crippen molar-refractivity contribution < 1.29 is 14.6 Å². The summed E-state index contributed by atoms with van der Waals surface area (Å²) >= 11 is 0. The highest BCUT2D eigenvalue weighted by Gasteiger charge is 2.05. The molecule has 0 saturated heterocycles. The molecular weight excluding hydrogens is 206 g/mol. The van der Waals surface area contributed by atoms with Crippen LogP contribution in [-0.4, -0.2) is 21.8 Å². The molecule has 0 bridgehead atoms. The summed E-state index contributed by atoms with van der Waals surface area (Å²) < 4.78 is 5.26. The Hall–Kier alpha value is -1.81. The molecule has 16 heavy (non-hydrogen) atoms. The zero-order valence-electron chi connectivity index (χ0n) is 8.76. The van der Waals surface area contributed by atoms with E-state index in [1.54, 1.807) is 24.5 Å². The van der Waals surface area contributed by atoms with Crippen LogP contribution in [0.5, 0.6) is 5.75 Å². The molecule has 1 aromatic carbocycles. The molecule has 2 rings (SSSR count). The van der Waals surface area contributed by atoms with Gasteiger partial charge in [-0.25, -0.2) is 4.98 Å². The van der Waals surface area contributed by atoms with E-state index in [0.29, 0.717) is 18.7 Å². The Morgan fingerprint density at radius 1 is 1.31 bits per heavy atom. The number of hydrogen-bond donors (Lipinski definition) is 2. The average molecular weight is 219 g/mol. The van der Waals surface area contributed by atoms with Gasteiger partial charge in [0.2, 0.25) is 0 Å². The number of aromatic hydroxyl groups is 1. The van der Waals surface area contributed by atoms with Gasteiger partial charge in [0.25, 0.3) is 0 Å². The smallest absolute Gasteiger partial charge is 0.198 e. The minimum Gasteiger partial charge on any atom is -0.508 e. The number of hydrogen-bond acceptors (Lipinski definition) is 4. The van der Waals surface area contributed by atoms with Crippen molar-refractivity contribution in [2.45, 2.75) is 12.8 Å². The van der Waals surface area contributed by atoms with Crippen LogP contribution in [0.1, 0.15) is 17.1 Å². The summed E-state index contributed by atoms with van der Waals surface area (Å²) in [6, 6.07) is 6.98. The van der Waals surface area contributed by atoms with Crippen molar-refractivity contribution in [3.05, 3.63) is 47.7 Å². The van der Waals surface area contributed by atoms with Gasteiger partial charge in [0.1, 0.15) is 12.0 Å². The zero-order valence-corrected chi connectivity index (χ0v) is 8.76. The zero-order chi connectivity index (χ0) is 11.4. The molecular formula is C12H13NO3. The molecule has 0 spiro atoms. The van der Waals surface area contributed by atoms with Crippen molar-refractivity contribution in [3.8, 4) is 5.75 Å². The van der Waals surface area contributed by atoms with Crippen LogP contribution in [0, 0.1) is 0 Å². The molecule has 0 atom stereocenters. The molecule has 4 nitrogen and oxygen atoms in total. The number of oxazole rings is 1. The molecule has 1 aromatic heterocycles. The molecule has 0 aliphatic carbocycles. The minimum atomic E-state index is 0.0676. The van der Waals surface area contributed by atoms with Gasteiger partial charge in [-0.05, 0) is 17.7 Å². The van der Waals surface area contributed by atoms with Crippen LogP contribution in [0.15, 0.2) is 34.9 Å². The fourth-order valence-corrected chi connectivity index (χ4v) is 1.50. The Balaban J connectivity index is 2.08. The molecule has 0 fully saturated rings. The van der Waals surface area contributed by atoms with Crippen LogP contribution >= 0.6 is 0 Å². The number of aliphatic hydroxyl groups is 1. The van der Waals surface area contributed by atoms with E-state index in [1.165, 1.54) is 0 Å². The first-order valence-corrected chi connectivity index (χ1v) is 5.10. The number of aliphatic hydroxyl groups excluding tert-OH is 1. The van der Waals surface area contributed by atoms with Crippen molar-refractivity contribution >= 4 is 0 Å². The van der Waals surface area contributed by atoms with Gasteiger partial charge in [0.15, 0.2) is 5.89 Å². The predicted molar refractivity (Wildman–Crippen MR) is 58.2 cm³/mol. The molecule has 0 saturated carbocycles. The summed E-state index contributed by atoms with van der Waals surface area (Å²) in [5.41, 5.74) is 1.69. The van der Waals surface area contributed by atoms with E-state index >= 15 is 0 Å². The Kier molecular flexibility index (Phi) is 3.22. The van der Waals surface area contributed by atoms with E-state index in [2.05, 4.69) is 4.98 Å². The van der Waals surface area contributed by atoms with Crippen molar-refractivity contribution in [3.63, 3.8) is 0 Å². The molecule has 0 amide bonds. The number of aromatic nitrogens is 1. The number of nitrogens with zero attached hydrogens (tertiary/aromatic N) is 1. The van der Waals surface area contributed by atoms with Gasteiger partial charge >= 0.3 is 0 Å². The summed E-state index contributed by atoms with van der Waals surface area (Å²) in [6.07, 6.45) is 2.59. The second-order valence-corrected chi connectivity index (χ2v) is 3.55. The minimum absolute atomic E-state index is 0.0676. The highest BCUT2D eigenvalue weighted by molar-refractivity contribution is 5.28. The molecule has 0 unspecified atom stereocenters. The quantitative estimate of drug-likeness (QED) is 0.817. The summed E-state index contributed by atoms with van der Waals surface area (Å²) in [5, 5.41) is 18.0. The SMILES string of the molecule is OCCc1coc(Cc2cccc(O)c2)n1. The Morgan fingerprint density at radius 2 is 2.19 bits per heavy atom. The molecule has 2 aromatic rings. The van der Waals surface area contributed by atoms with Gasteiger partial charge in [0.05, 0.1) is 5.69 Å². The Bertz CT molecular complexity index is 465. The van der Waals surface area contributed by atoms with E-state index in [-0.39, 0.29) is 12.4 Å². The van der Waals surface area contributed by atoms with E-state index in [1.807, 2.05) is 6.07 Å². The van der Waals surface area contributed by atoms with Crippen LogP contribution in [0.3, 0.4) is 0 Å². The van der Waals surface area contributed by atoms with Crippen LogP contribution < -0.4 is 0 Å². The largest absolute Gasteiger partial charge is 0.508 e. The van der Waals surface area contributed by atoms with E-state index in [0.717, 1.165) is 11.3 Å². The highest BCUT2D eigenvalue weighted by Crippen LogP contribution is 2.15. The monoisotopic (exact) mass is 219 g/mol. The van der Waals surface area contributed by atoms with Gasteiger partial charge < -0.3 is 14.6 Å². The van der Waals surface area contributed by atoms with Crippen molar-refractivity contribution in [2.24, 2.45) is 0 Å². The average Bonchev–Trinajstić information content (AvgIpc) is 2.66. The van der Waals surface area contributed by atoms with Gasteiger partial charge in [0, 0.05) is 19.4 Å². The molecule has 2 N–H and O–H groups in total. The lowest BCUT2D eigenvalue weighted by Crippen LogP contribution is -1.92. The molecule has 84 valence electrons. The maximum absolute atomic E-state index is 9.30. The second kappa shape index (κ2) is 4.81. The maximum Gasteiger partial charge on any atom is 0.198 e. The fourth-order valence-electron chi connectivity index (χ4n) is 1.50. The third-order valence-corrected chi connectivity index (χ3v) is 2.23. The lowest BCUT2D eigenvalue weighted by molar-refractivity contribution is 0.298. The topological polar surface area (TPSA) is 66.5 Å². The third-order valence-electron chi connectivity index (χ3n) is 2.23. The number of phenols is 1. The maximum atomic E-state index is 9.30. The number of rotatable bonds is 4. The van der Waals surface area contributed by atoms with Crippen molar-refractivity contribution in [2.75, 3.05) is 6.61 Å². The van der Waals surface area contributed by atoms with Gasteiger partial charge in [-0.15, -0.1) is 0 Å². The standard InChI is InChI=1S/C12H13NO3/c14-5-4-10-8-16-12(13-10)7-9-2-1-3-11(15)6-9/h1-3,6,8,14-15H,4-5,7H2. The number of benzene rings is 1. The Morgan fingerprint density at radius 3 is 2.94 bits per heavy atom. The van der Waals surface area contributed by atoms with E-state index in [9.17, 15) is 5.11 Å². The molecule has 0 aliphatic rings.